The number of methoxy groups -OCH3 is 1. The number of hydrogen-bond donors (Lipinski definition) is 0. The topological polar surface area (TPSA) is 51.9 Å². The monoisotopic (exact) mass is 538 g/mol. The van der Waals surface area contributed by atoms with Crippen molar-refractivity contribution >= 4 is 11.9 Å². The van der Waals surface area contributed by atoms with E-state index in [1.54, 1.807) is 13.4 Å². The average molecular weight is 539 g/mol. The van der Waals surface area contributed by atoms with Crippen molar-refractivity contribution in [3.8, 4) is 11.4 Å². The summed E-state index contributed by atoms with van der Waals surface area (Å²) in [7, 11) is 1.63. The molecule has 0 radical (unpaired) electrons. The largest absolute Gasteiger partial charge is 0.495 e. The van der Waals surface area contributed by atoms with Crippen LogP contribution in [0.15, 0.2) is 53.6 Å². The molecule has 3 aromatic rings. The third-order valence-corrected chi connectivity index (χ3v) is 7.83. The summed E-state index contributed by atoms with van der Waals surface area (Å²) in [6.45, 7) is 2.59. The molecule has 206 valence electrons. The van der Waals surface area contributed by atoms with Crippen LogP contribution in [0.3, 0.4) is 0 Å². The quantitative estimate of drug-likeness (QED) is 0.332. The highest BCUT2D eigenvalue weighted by molar-refractivity contribution is 6.03. The number of ether oxygens (including phenoxy) is 1. The number of fused-ring (bicyclic) bond motifs is 1. The first-order valence-corrected chi connectivity index (χ1v) is 13.0. The number of oxime groups is 1. The van der Waals surface area contributed by atoms with Crippen molar-refractivity contribution in [3.05, 3.63) is 82.7 Å². The van der Waals surface area contributed by atoms with Gasteiger partial charge >= 0.3 is 0 Å². The van der Waals surface area contributed by atoms with Gasteiger partial charge in [-0.15, -0.1) is 0 Å². The highest BCUT2D eigenvalue weighted by atomic mass is 19.2. The lowest BCUT2D eigenvalue weighted by molar-refractivity contribution is -0.108. The van der Waals surface area contributed by atoms with E-state index in [1.165, 1.54) is 0 Å². The van der Waals surface area contributed by atoms with Crippen molar-refractivity contribution in [1.29, 1.82) is 0 Å². The van der Waals surface area contributed by atoms with Gasteiger partial charge in [-0.25, -0.2) is 18.2 Å². The van der Waals surface area contributed by atoms with Crippen molar-refractivity contribution in [3.63, 3.8) is 0 Å². The van der Waals surface area contributed by atoms with Crippen LogP contribution < -0.4 is 4.74 Å². The first-order chi connectivity index (χ1) is 18.4. The van der Waals surface area contributed by atoms with Gasteiger partial charge in [0.25, 0.3) is 0 Å². The fourth-order valence-corrected chi connectivity index (χ4v) is 6.12. The van der Waals surface area contributed by atoms with Crippen LogP contribution in [0.2, 0.25) is 0 Å². The summed E-state index contributed by atoms with van der Waals surface area (Å²) >= 11 is 0. The third-order valence-electron chi connectivity index (χ3n) is 7.83. The number of imidazole rings is 1. The Morgan fingerprint density at radius 3 is 2.49 bits per heavy atom. The SMILES string of the molecule is C.COc1cc(/C=C2\CCCN3C2=NOC2(CCCC2)[C@@H]3c2cc(F)c(F)c(F)c2)ccc1-n1cnc(C)c1. The molecule has 2 aromatic carbocycles. The van der Waals surface area contributed by atoms with Crippen LogP contribution in [0, 0.1) is 24.4 Å². The standard InChI is InChI=1S/C29H29F3N4O2.CH4/c1-18-16-35(17-33-18)24-8-7-19(13-25(24)37-2)12-20-6-5-11-36-27(21-14-22(30)26(32)23(31)15-21)29(9-3-4-10-29)38-34-28(20)36;/h7-8,12-17,27H,3-6,9-11H2,1-2H3;1H4/b20-12+;/t27-;/m0./s1. The molecule has 1 saturated heterocycles. The number of amidine groups is 1. The van der Waals surface area contributed by atoms with Crippen molar-refractivity contribution in [2.75, 3.05) is 13.7 Å². The first-order valence-electron chi connectivity index (χ1n) is 13.0. The number of aromatic nitrogens is 2. The Labute approximate surface area is 226 Å². The highest BCUT2D eigenvalue weighted by Gasteiger charge is 2.52. The molecule has 0 bridgehead atoms. The number of aryl methyl sites for hydroxylation is 1. The van der Waals surface area contributed by atoms with Crippen LogP contribution in [0.5, 0.6) is 5.75 Å². The molecule has 1 aromatic heterocycles. The summed E-state index contributed by atoms with van der Waals surface area (Å²) in [5, 5.41) is 4.58. The summed E-state index contributed by atoms with van der Waals surface area (Å²) in [5.41, 5.74) is 3.35. The minimum Gasteiger partial charge on any atom is -0.495 e. The second-order valence-corrected chi connectivity index (χ2v) is 10.3. The van der Waals surface area contributed by atoms with Crippen LogP contribution in [0.25, 0.3) is 11.8 Å². The minimum absolute atomic E-state index is 0. The number of nitrogens with zero attached hydrogens (tertiary/aromatic N) is 4. The minimum atomic E-state index is -1.46. The summed E-state index contributed by atoms with van der Waals surface area (Å²) in [6.07, 6.45) is 10.7. The summed E-state index contributed by atoms with van der Waals surface area (Å²) in [5.74, 6) is -2.48. The number of hydrogen-bond acceptors (Lipinski definition) is 5. The van der Waals surface area contributed by atoms with E-state index in [2.05, 4.69) is 21.1 Å². The van der Waals surface area contributed by atoms with Crippen molar-refractivity contribution < 1.29 is 22.7 Å². The maximum absolute atomic E-state index is 14.4. The zero-order chi connectivity index (χ0) is 26.4. The summed E-state index contributed by atoms with van der Waals surface area (Å²) in [4.78, 5) is 12.6. The zero-order valence-electron chi connectivity index (χ0n) is 21.4. The molecule has 39 heavy (non-hydrogen) atoms. The van der Waals surface area contributed by atoms with E-state index >= 15 is 0 Å². The lowest BCUT2D eigenvalue weighted by Crippen LogP contribution is -2.54. The second-order valence-electron chi connectivity index (χ2n) is 10.3. The smallest absolute Gasteiger partial charge is 0.194 e. The van der Waals surface area contributed by atoms with Crippen molar-refractivity contribution in [2.24, 2.45) is 5.16 Å². The zero-order valence-corrected chi connectivity index (χ0v) is 21.4. The number of rotatable bonds is 4. The van der Waals surface area contributed by atoms with E-state index < -0.39 is 29.1 Å². The predicted molar refractivity (Wildman–Crippen MR) is 144 cm³/mol. The summed E-state index contributed by atoms with van der Waals surface area (Å²) in [6, 6.07) is 7.69. The van der Waals surface area contributed by atoms with Crippen LogP contribution in [-0.4, -0.2) is 39.5 Å². The molecule has 0 amide bonds. The van der Waals surface area contributed by atoms with Crippen molar-refractivity contribution in [2.45, 2.75) is 64.5 Å². The lowest BCUT2D eigenvalue weighted by atomic mass is 9.83. The lowest BCUT2D eigenvalue weighted by Gasteiger charge is -2.49. The van der Waals surface area contributed by atoms with Crippen LogP contribution in [-0.2, 0) is 4.84 Å². The van der Waals surface area contributed by atoms with E-state index in [9.17, 15) is 13.2 Å². The van der Waals surface area contributed by atoms with Gasteiger partial charge in [0.1, 0.15) is 5.75 Å². The van der Waals surface area contributed by atoms with Gasteiger partial charge in [0, 0.05) is 12.7 Å². The first kappa shape index (κ1) is 26.8. The van der Waals surface area contributed by atoms with Gasteiger partial charge in [-0.3, -0.25) is 0 Å². The molecule has 1 atom stereocenters. The van der Waals surface area contributed by atoms with Crippen LogP contribution >= 0.6 is 0 Å². The Hall–Kier alpha value is -3.75. The molecular formula is C30H33F3N4O2. The maximum Gasteiger partial charge on any atom is 0.194 e. The molecule has 1 saturated carbocycles. The maximum atomic E-state index is 14.4. The molecule has 0 unspecified atom stereocenters. The van der Waals surface area contributed by atoms with E-state index in [4.69, 9.17) is 9.57 Å². The average Bonchev–Trinajstić information content (AvgIpc) is 3.56. The number of benzene rings is 2. The predicted octanol–water partition coefficient (Wildman–Crippen LogP) is 7.12. The molecule has 2 aliphatic heterocycles. The highest BCUT2D eigenvalue weighted by Crippen LogP contribution is 2.50. The number of piperidine rings is 1. The third kappa shape index (κ3) is 4.68. The van der Waals surface area contributed by atoms with Gasteiger partial charge in [-0.05, 0) is 92.5 Å². The normalized spacial score (nSPS) is 20.8. The van der Waals surface area contributed by atoms with E-state index in [0.29, 0.717) is 23.7 Å². The molecular weight excluding hydrogens is 505 g/mol. The Bertz CT molecular complexity index is 1420. The molecule has 6 nitrogen and oxygen atoms in total. The van der Waals surface area contributed by atoms with Gasteiger partial charge in [0.2, 0.25) is 0 Å². The molecule has 2 fully saturated rings. The molecule has 6 rings (SSSR count). The molecule has 9 heteroatoms. The van der Waals surface area contributed by atoms with E-state index in [0.717, 1.165) is 73.2 Å². The summed E-state index contributed by atoms with van der Waals surface area (Å²) < 4.78 is 50.1. The van der Waals surface area contributed by atoms with Crippen molar-refractivity contribution in [1.82, 2.24) is 14.5 Å². The fraction of sp³-hybridized carbons (Fsp3) is 0.400. The van der Waals surface area contributed by atoms with Gasteiger partial charge in [0.05, 0.1) is 30.9 Å². The van der Waals surface area contributed by atoms with E-state index in [1.807, 2.05) is 35.9 Å². The van der Waals surface area contributed by atoms with Crippen LogP contribution in [0.4, 0.5) is 13.2 Å². The molecule has 1 spiro atoms. The Morgan fingerprint density at radius 1 is 1.08 bits per heavy atom. The van der Waals surface area contributed by atoms with Gasteiger partial charge in [0.15, 0.2) is 28.9 Å². The molecule has 1 aliphatic carbocycles. The second kappa shape index (κ2) is 10.4. The fourth-order valence-electron chi connectivity index (χ4n) is 6.12. The molecule has 3 heterocycles. The van der Waals surface area contributed by atoms with E-state index in [-0.39, 0.29) is 7.43 Å². The van der Waals surface area contributed by atoms with Gasteiger partial charge in [-0.1, -0.05) is 18.6 Å². The molecule has 3 aliphatic rings. The Balaban J connectivity index is 0.00000308. The Kier molecular flexibility index (Phi) is 7.18. The van der Waals surface area contributed by atoms with Gasteiger partial charge in [-0.2, -0.15) is 0 Å². The van der Waals surface area contributed by atoms with Gasteiger partial charge < -0.3 is 19.0 Å². The molecule has 0 N–H and O–H groups in total. The number of halogens is 3. The van der Waals surface area contributed by atoms with Crippen LogP contribution in [0.1, 0.15) is 68.8 Å². The Morgan fingerprint density at radius 2 is 1.82 bits per heavy atom.